The molecular formula is C36H216N24. The minimum atomic E-state index is 0. The van der Waals surface area contributed by atoms with Crippen molar-refractivity contribution in [3.05, 3.63) is 0 Å². The van der Waals surface area contributed by atoms with Crippen LogP contribution in [-0.2, 0) is 0 Å². The third-order valence-electron chi connectivity index (χ3n) is 0. The van der Waals surface area contributed by atoms with Gasteiger partial charge >= 0.3 is 0 Å². The first-order chi connectivity index (χ1) is 27.0. The molecule has 24 heteroatoms. The Bertz CT molecular complexity index is 136. The fourth-order valence-corrected chi connectivity index (χ4v) is 0. The molecule has 0 heterocycles. The maximum atomic E-state index is 5.75. The van der Waals surface area contributed by atoms with E-state index in [-0.39, 0.29) is 245 Å². The third kappa shape index (κ3) is 194000. The van der Waals surface area contributed by atoms with E-state index in [1.165, 1.54) is 22.2 Å². The van der Waals surface area contributed by atoms with Crippen LogP contribution < -0.4 is 147 Å². The Labute approximate surface area is 453 Å². The number of hydrogen-bond acceptors (Lipinski definition) is 24. The van der Waals surface area contributed by atoms with E-state index < -0.39 is 0 Å². The van der Waals surface area contributed by atoms with Crippen molar-refractivity contribution in [1.82, 2.24) is 147 Å². The molecule has 0 aromatic carbocycles. The summed E-state index contributed by atoms with van der Waals surface area (Å²) in [6, 6.07) is 0. The van der Waals surface area contributed by atoms with Crippen molar-refractivity contribution in [2.75, 3.05) is 0 Å². The molecule has 0 radical (unpaired) electrons. The minimum Gasteiger partial charge on any atom is -0.344 e. The van der Waals surface area contributed by atoms with Crippen molar-refractivity contribution in [2.45, 2.75) is 267 Å². The first kappa shape index (κ1) is 293. The van der Waals surface area contributed by atoms with Crippen LogP contribution in [-0.4, -0.2) is 0 Å². The fourth-order valence-electron chi connectivity index (χ4n) is 0. The highest BCUT2D eigenvalue weighted by molar-refractivity contribution is 2.54. The fraction of sp³-hybridized carbons (Fsp3) is 1.00. The van der Waals surface area contributed by atoms with E-state index in [9.17, 15) is 0 Å². The van der Waals surface area contributed by atoms with Gasteiger partial charge in [-0.25, -0.2) is 0 Å². The van der Waals surface area contributed by atoms with Gasteiger partial charge in [-0.15, -0.1) is 0 Å². The Balaban J connectivity index is -0.00000000148. The standard InChI is InChI=1S/36CH4.24H3N/h36*1H4;24*1H3/i3*1T;;;;;;;;;;;;;;;;;;;;;;;;;;;;;;;;;;;;;;;;;;;;;;;;;;;;;;;;;/hT6D18. The van der Waals surface area contributed by atoms with Crippen molar-refractivity contribution < 1.29 is 38.0 Å². The molecule has 0 aliphatic rings. The first-order valence-corrected chi connectivity index (χ1v) is 0. The molecule has 24 nitrogen and oxygen atoms in total. The zero-order valence-corrected chi connectivity index (χ0v) is 16.9. The topological polar surface area (TPSA) is 840 Å². The van der Waals surface area contributed by atoms with Crippen LogP contribution in [0.1, 0.15) is 271 Å². The SMILES string of the molecule is C.C.C.C.C.C.C.C.C.C.C.C.C.C.C.C.C.C.C.C.C.C.C.C.C.C.C.C.C.C.C.C.C.[2H]N.[2H]N.[2H]N.[2H]N.[2H]N.[2H]N.[2H]N.[2H]N.[2H]N.[2H]N.[2H]N.[2H]N.[2H]N.[2H]N.[2H]N.[2H]N.[2H]N.[2H]N.[3H]C.[3H]C.[3H]C.[3H]N.[3H]N.[3H]N.[3H]N.[3H]N.[3H]N. The first-order valence-electron chi connectivity index (χ1n) is 16.9. The number of hydrogen-bond donors (Lipinski definition) is 24. The maximum Gasteiger partial charge on any atom is 0.115 e. The van der Waals surface area contributed by atoms with Gasteiger partial charge in [-0.05, 0) is 0 Å². The molecule has 0 saturated carbocycles. The lowest BCUT2D eigenvalue weighted by molar-refractivity contribution is 2.13. The van der Waals surface area contributed by atoms with E-state index >= 15 is 0 Å². The van der Waals surface area contributed by atoms with Crippen molar-refractivity contribution in [1.29, 1.82) is 0 Å². The smallest absolute Gasteiger partial charge is 0.115 e. The monoisotopic (exact) mass is 1020 g/mol. The highest BCUT2D eigenvalue weighted by Crippen LogP contribution is 0.180. The molecular weight excluding hydrogens is 769 g/mol. The quantitative estimate of drug-likeness (QED) is 0.107. The highest BCUT2D eigenvalue weighted by atomic mass is 14.0. The molecule has 0 amide bonds. The van der Waals surface area contributed by atoms with Gasteiger partial charge in [-0.3, -0.25) is 0 Å². The van der Waals surface area contributed by atoms with Gasteiger partial charge in [0.2, 0.25) is 0 Å². The van der Waals surface area contributed by atoms with Crippen molar-refractivity contribution in [3.63, 3.8) is 0 Å². The van der Waals surface area contributed by atoms with Crippen LogP contribution in [0.3, 0.4) is 0 Å². The van der Waals surface area contributed by atoms with Crippen LogP contribution in [0, 0.1) is 0 Å². The Morgan fingerprint density at radius 1 is 0.117 bits per heavy atom. The van der Waals surface area contributed by atoms with E-state index in [0.29, 0.717) is 0 Å². The summed E-state index contributed by atoms with van der Waals surface area (Å²) < 4.78 is 143. The van der Waals surface area contributed by atoms with E-state index in [4.69, 9.17) is 38.0 Å². The Hall–Kier alpha value is -0.960. The van der Waals surface area contributed by atoms with Gasteiger partial charge in [0.25, 0.3) is 0 Å². The van der Waals surface area contributed by atoms with Crippen LogP contribution in [0.5, 0.6) is 0 Å². The summed E-state index contributed by atoms with van der Waals surface area (Å²) in [6.07, 6.45) is 90.0. The molecule has 60 heavy (non-hydrogen) atoms. The summed E-state index contributed by atoms with van der Waals surface area (Å²) in [6.45, 7) is 0. The van der Waals surface area contributed by atoms with E-state index in [1.807, 2.05) is 0 Å². The molecule has 72 N–H and O–H groups in total. The van der Waals surface area contributed by atoms with Crippen LogP contribution in [0.2, 0.25) is 33.9 Å². The zero-order chi connectivity index (χ0) is 54.0. The molecule has 0 spiro atoms. The lowest BCUT2D eigenvalue weighted by Crippen LogP contribution is -0.482. The van der Waals surface area contributed by atoms with E-state index in [0.717, 1.165) is 0 Å². The summed E-state index contributed by atoms with van der Waals surface area (Å²) in [5.74, 6) is 0. The second-order valence-electron chi connectivity index (χ2n) is 0. The molecule has 0 aromatic heterocycles. The molecule has 480 valence electrons. The second kappa shape index (κ2) is 205000. The van der Waals surface area contributed by atoms with Gasteiger partial charge in [0.05, 0.1) is 0 Å². The zero-order valence-electron chi connectivity index (χ0n) is 43.9. The molecule has 0 fully saturated rings. The van der Waals surface area contributed by atoms with Crippen molar-refractivity contribution in [2.24, 2.45) is 0 Å². The van der Waals surface area contributed by atoms with Gasteiger partial charge in [0, 0.05) is 4.11 Å². The van der Waals surface area contributed by atoms with E-state index in [2.05, 4.69) is 147 Å². The lowest BCUT2D eigenvalue weighted by atomic mass is 12.0. The second-order valence-corrected chi connectivity index (χ2v) is 0. The summed E-state index contributed by atoms with van der Waals surface area (Å²) in [5, 5.41) is 0. The van der Waals surface area contributed by atoms with Gasteiger partial charge < -0.3 is 147 Å². The predicted molar refractivity (Wildman–Crippen MR) is 363 cm³/mol. The molecule has 0 bridgehead atoms. The Morgan fingerprint density at radius 3 is 0.117 bits per heavy atom. The average Bonchev–Trinajstić information content (AvgIpc) is 3.42. The normalized spacial score (nSPS) is 3.15. The van der Waals surface area contributed by atoms with Gasteiger partial charge in [-0.1, -0.05) is 267 Å². The van der Waals surface area contributed by atoms with Crippen molar-refractivity contribution >= 4 is 0 Å². The van der Waals surface area contributed by atoms with Crippen LogP contribution in [0.15, 0.2) is 0 Å². The summed E-state index contributed by atoms with van der Waals surface area (Å²) in [4.78, 5) is 0. The molecule has 0 aromatic rings. The molecule has 0 aliphatic carbocycles. The molecule has 0 saturated heterocycles. The molecule has 0 unspecified atom stereocenters. The van der Waals surface area contributed by atoms with Gasteiger partial charge in [0.1, 0.15) is 33.9 Å². The van der Waals surface area contributed by atoms with Crippen LogP contribution in [0.4, 0.5) is 0 Å². The molecule has 0 aliphatic heterocycles. The Morgan fingerprint density at radius 2 is 0.117 bits per heavy atom. The largest absolute Gasteiger partial charge is 0.344 e. The van der Waals surface area contributed by atoms with Crippen molar-refractivity contribution in [3.8, 4) is 0 Å². The lowest BCUT2D eigenvalue weighted by Gasteiger charge is -0.345. The van der Waals surface area contributed by atoms with E-state index in [1.54, 1.807) is 0 Å². The predicted octanol–water partition coefficient (Wildman–Crippen LogP) is 26.8. The minimum absolute atomic E-state index is 0. The summed E-state index contributed by atoms with van der Waals surface area (Å²) in [5.41, 5.74) is 0. The van der Waals surface area contributed by atoms with Gasteiger partial charge in [-0.2, -0.15) is 0 Å². The average molecular weight is 1020 g/mol. The summed E-state index contributed by atoms with van der Waals surface area (Å²) >= 11 is 0. The number of rotatable bonds is 0. The molecule has 0 rings (SSSR count). The third-order valence-corrected chi connectivity index (χ3v) is 0. The maximum absolute atomic E-state index is 5.75. The van der Waals surface area contributed by atoms with Gasteiger partial charge in [0.15, 0.2) is 0 Å². The van der Waals surface area contributed by atoms with Crippen LogP contribution >= 0.6 is 0 Å². The summed E-state index contributed by atoms with van der Waals surface area (Å²) in [7, 11) is 3.75. The highest BCUT2D eigenvalue weighted by Gasteiger charge is -0.0395. The Kier molecular flexibility index (Phi) is 1000000. The van der Waals surface area contributed by atoms with Crippen LogP contribution in [0.25, 0.3) is 0 Å². The molecule has 0 atom stereocenters.